The van der Waals surface area contributed by atoms with Crippen molar-refractivity contribution in [1.82, 2.24) is 0 Å². The molecule has 0 saturated carbocycles. The molecular formula is C13H5Br2ClN2O3. The normalized spacial score (nSPS) is 10.0. The summed E-state index contributed by atoms with van der Waals surface area (Å²) < 4.78 is 6.42. The molecular weight excluding hydrogens is 427 g/mol. The van der Waals surface area contributed by atoms with Crippen LogP contribution in [0.2, 0.25) is 5.02 Å². The van der Waals surface area contributed by atoms with Crippen LogP contribution in [0.5, 0.6) is 11.5 Å². The molecule has 0 N–H and O–H groups in total. The topological polar surface area (TPSA) is 76.2 Å². The van der Waals surface area contributed by atoms with Crippen LogP contribution < -0.4 is 4.74 Å². The van der Waals surface area contributed by atoms with Gasteiger partial charge in [-0.15, -0.1) is 0 Å². The number of nitro benzene ring substituents is 1. The average molecular weight is 432 g/mol. The summed E-state index contributed by atoms with van der Waals surface area (Å²) in [5.74, 6) is 0.583. The Morgan fingerprint density at radius 3 is 2.38 bits per heavy atom. The number of benzene rings is 2. The minimum Gasteiger partial charge on any atom is -0.454 e. The van der Waals surface area contributed by atoms with Crippen LogP contribution in [0, 0.1) is 21.4 Å². The van der Waals surface area contributed by atoms with Crippen molar-refractivity contribution in [2.24, 2.45) is 0 Å². The molecule has 2 rings (SSSR count). The maximum Gasteiger partial charge on any atom is 0.271 e. The molecule has 0 heterocycles. The molecule has 0 atom stereocenters. The van der Waals surface area contributed by atoms with E-state index in [4.69, 9.17) is 21.6 Å². The number of hydrogen-bond donors (Lipinski definition) is 0. The molecule has 8 heteroatoms. The van der Waals surface area contributed by atoms with E-state index in [-0.39, 0.29) is 11.4 Å². The van der Waals surface area contributed by atoms with Gasteiger partial charge in [0.25, 0.3) is 5.69 Å². The van der Waals surface area contributed by atoms with Crippen LogP contribution in [0.4, 0.5) is 5.69 Å². The first-order chi connectivity index (χ1) is 9.92. The highest BCUT2D eigenvalue weighted by Crippen LogP contribution is 2.40. The molecule has 0 radical (unpaired) electrons. The van der Waals surface area contributed by atoms with Crippen LogP contribution in [-0.2, 0) is 0 Å². The number of ether oxygens (including phenoxy) is 1. The second-order valence-electron chi connectivity index (χ2n) is 3.85. The first kappa shape index (κ1) is 15.8. The Labute approximate surface area is 141 Å². The molecule has 21 heavy (non-hydrogen) atoms. The molecule has 0 amide bonds. The molecule has 0 aliphatic heterocycles. The third-order valence-electron chi connectivity index (χ3n) is 2.47. The van der Waals surface area contributed by atoms with Gasteiger partial charge in [0.05, 0.1) is 19.4 Å². The molecule has 0 saturated heterocycles. The highest BCUT2D eigenvalue weighted by Gasteiger charge is 2.17. The molecule has 2 aromatic carbocycles. The summed E-state index contributed by atoms with van der Waals surface area (Å²) >= 11 is 12.3. The Balaban J connectivity index is 2.48. The van der Waals surface area contributed by atoms with E-state index in [0.29, 0.717) is 25.3 Å². The van der Waals surface area contributed by atoms with Crippen molar-refractivity contribution in [1.29, 1.82) is 5.26 Å². The first-order valence-electron chi connectivity index (χ1n) is 5.43. The van der Waals surface area contributed by atoms with Crippen LogP contribution in [0.25, 0.3) is 0 Å². The molecule has 0 aliphatic carbocycles. The van der Waals surface area contributed by atoms with E-state index in [1.807, 2.05) is 6.07 Å². The number of halogens is 3. The summed E-state index contributed by atoms with van der Waals surface area (Å²) in [5.41, 5.74) is 0.212. The molecule has 0 spiro atoms. The van der Waals surface area contributed by atoms with Gasteiger partial charge in [0, 0.05) is 23.2 Å². The lowest BCUT2D eigenvalue weighted by atomic mass is 10.2. The number of rotatable bonds is 3. The summed E-state index contributed by atoms with van der Waals surface area (Å²) in [5, 5.41) is 20.3. The quantitative estimate of drug-likeness (QED) is 0.478. The largest absolute Gasteiger partial charge is 0.454 e. The third-order valence-corrected chi connectivity index (χ3v) is 3.88. The van der Waals surface area contributed by atoms with Crippen LogP contribution in [0.15, 0.2) is 39.3 Å². The Bertz CT molecular complexity index is 751. The van der Waals surface area contributed by atoms with Crippen molar-refractivity contribution >= 4 is 49.1 Å². The van der Waals surface area contributed by atoms with Gasteiger partial charge in [-0.3, -0.25) is 10.1 Å². The number of hydrogen-bond acceptors (Lipinski definition) is 4. The summed E-state index contributed by atoms with van der Waals surface area (Å²) in [7, 11) is 0. The first-order valence-corrected chi connectivity index (χ1v) is 7.39. The predicted molar refractivity (Wildman–Crippen MR) is 84.7 cm³/mol. The maximum absolute atomic E-state index is 10.8. The molecule has 0 aromatic heterocycles. The van der Waals surface area contributed by atoms with Crippen molar-refractivity contribution in [3.63, 3.8) is 0 Å². The van der Waals surface area contributed by atoms with E-state index in [1.165, 1.54) is 24.3 Å². The van der Waals surface area contributed by atoms with Crippen molar-refractivity contribution < 1.29 is 9.66 Å². The molecule has 5 nitrogen and oxygen atoms in total. The van der Waals surface area contributed by atoms with Gasteiger partial charge in [-0.05, 0) is 44.0 Å². The van der Waals surface area contributed by atoms with E-state index < -0.39 is 4.92 Å². The maximum atomic E-state index is 10.8. The summed E-state index contributed by atoms with van der Waals surface area (Å²) in [6.45, 7) is 0. The Morgan fingerprint density at radius 1 is 1.24 bits per heavy atom. The number of nitrogens with zero attached hydrogens (tertiary/aromatic N) is 2. The van der Waals surface area contributed by atoms with Gasteiger partial charge in [0.2, 0.25) is 0 Å². The smallest absolute Gasteiger partial charge is 0.271 e. The number of non-ortho nitro benzene ring substituents is 1. The van der Waals surface area contributed by atoms with E-state index in [1.54, 1.807) is 6.07 Å². The SMILES string of the molecule is N#Cc1ccc(Cl)cc1Oc1c(Br)cc([N+](=O)[O-])cc1Br. The molecule has 0 fully saturated rings. The van der Waals surface area contributed by atoms with Crippen molar-refractivity contribution in [2.45, 2.75) is 0 Å². The van der Waals surface area contributed by atoms with Gasteiger partial charge in [-0.2, -0.15) is 5.26 Å². The lowest BCUT2D eigenvalue weighted by Crippen LogP contribution is -1.93. The highest BCUT2D eigenvalue weighted by molar-refractivity contribution is 9.11. The number of nitriles is 1. The zero-order valence-electron chi connectivity index (χ0n) is 10.1. The third kappa shape index (κ3) is 3.53. The van der Waals surface area contributed by atoms with E-state index in [2.05, 4.69) is 31.9 Å². The van der Waals surface area contributed by atoms with Crippen molar-refractivity contribution in [3.05, 3.63) is 60.0 Å². The fraction of sp³-hybridized carbons (Fsp3) is 0. The second-order valence-corrected chi connectivity index (χ2v) is 6.00. The van der Waals surface area contributed by atoms with Crippen molar-refractivity contribution in [3.8, 4) is 17.6 Å². The fourth-order valence-electron chi connectivity index (χ4n) is 1.53. The molecule has 0 unspecified atom stereocenters. The van der Waals surface area contributed by atoms with E-state index in [0.717, 1.165) is 0 Å². The van der Waals surface area contributed by atoms with Crippen LogP contribution in [-0.4, -0.2) is 4.92 Å². The highest BCUT2D eigenvalue weighted by atomic mass is 79.9. The Morgan fingerprint density at radius 2 is 1.86 bits per heavy atom. The average Bonchev–Trinajstić information content (AvgIpc) is 2.42. The monoisotopic (exact) mass is 430 g/mol. The van der Waals surface area contributed by atoms with Gasteiger partial charge in [-0.25, -0.2) is 0 Å². The predicted octanol–water partition coefficient (Wildman–Crippen LogP) is 5.44. The Hall–Kier alpha value is -1.62. The zero-order valence-corrected chi connectivity index (χ0v) is 14.1. The van der Waals surface area contributed by atoms with Gasteiger partial charge >= 0.3 is 0 Å². The summed E-state index contributed by atoms with van der Waals surface area (Å²) in [4.78, 5) is 10.3. The minimum absolute atomic E-state index is 0.0901. The number of nitro groups is 1. The van der Waals surface area contributed by atoms with E-state index >= 15 is 0 Å². The van der Waals surface area contributed by atoms with Gasteiger partial charge < -0.3 is 4.74 Å². The van der Waals surface area contributed by atoms with Crippen LogP contribution >= 0.6 is 43.5 Å². The van der Waals surface area contributed by atoms with Crippen LogP contribution in [0.3, 0.4) is 0 Å². The lowest BCUT2D eigenvalue weighted by Gasteiger charge is -2.11. The van der Waals surface area contributed by atoms with Gasteiger partial charge in [0.15, 0.2) is 5.75 Å². The molecule has 2 aromatic rings. The fourth-order valence-corrected chi connectivity index (χ4v) is 3.02. The molecule has 0 aliphatic rings. The summed E-state index contributed by atoms with van der Waals surface area (Å²) in [6.07, 6.45) is 0. The molecule has 0 bridgehead atoms. The van der Waals surface area contributed by atoms with Gasteiger partial charge in [-0.1, -0.05) is 11.6 Å². The van der Waals surface area contributed by atoms with Gasteiger partial charge in [0.1, 0.15) is 11.8 Å². The minimum atomic E-state index is -0.514. The molecule has 106 valence electrons. The van der Waals surface area contributed by atoms with Crippen molar-refractivity contribution in [2.75, 3.05) is 0 Å². The second kappa shape index (κ2) is 6.43. The Kier molecular flexibility index (Phi) is 4.83. The zero-order chi connectivity index (χ0) is 15.6. The van der Waals surface area contributed by atoms with E-state index in [9.17, 15) is 10.1 Å². The standard InChI is InChI=1S/C13H5Br2ClN2O3/c14-10-4-9(18(19)20)5-11(15)13(10)21-12-3-8(16)2-1-7(12)6-17/h1-5H. The summed E-state index contributed by atoms with van der Waals surface area (Å²) in [6, 6.07) is 9.23. The lowest BCUT2D eigenvalue weighted by molar-refractivity contribution is -0.385. The van der Waals surface area contributed by atoms with Crippen LogP contribution in [0.1, 0.15) is 5.56 Å².